The predicted molar refractivity (Wildman–Crippen MR) is 96.8 cm³/mol. The van der Waals surface area contributed by atoms with Crippen LogP contribution >= 0.6 is 0 Å². The number of carboxylic acids is 1. The van der Waals surface area contributed by atoms with Gasteiger partial charge in [-0.2, -0.15) is 13.2 Å². The molecule has 2 aliphatic rings. The van der Waals surface area contributed by atoms with Crippen LogP contribution in [0.2, 0.25) is 0 Å². The van der Waals surface area contributed by atoms with Crippen molar-refractivity contribution in [1.29, 1.82) is 0 Å². The second-order valence-corrected chi connectivity index (χ2v) is 7.18. The van der Waals surface area contributed by atoms with E-state index in [4.69, 9.17) is 23.9 Å². The highest BCUT2D eigenvalue weighted by Crippen LogP contribution is 2.37. The number of carbonyl (C=O) groups excluding carboxylic acids is 1. The number of halogens is 3. The lowest BCUT2D eigenvalue weighted by atomic mass is 9.98. The van der Waals surface area contributed by atoms with Gasteiger partial charge in [-0.3, -0.25) is 9.78 Å². The Morgan fingerprint density at radius 3 is 2.65 bits per heavy atom. The van der Waals surface area contributed by atoms with Crippen molar-refractivity contribution >= 4 is 11.9 Å². The van der Waals surface area contributed by atoms with E-state index in [1.807, 2.05) is 12.1 Å². The zero-order chi connectivity index (χ0) is 22.5. The summed E-state index contributed by atoms with van der Waals surface area (Å²) >= 11 is 0. The lowest BCUT2D eigenvalue weighted by Crippen LogP contribution is -2.36. The average molecular weight is 443 g/mol. The molecule has 0 unspecified atom stereocenters. The van der Waals surface area contributed by atoms with Crippen LogP contribution in [0.1, 0.15) is 28.8 Å². The smallest absolute Gasteiger partial charge is 0.475 e. The Kier molecular flexibility index (Phi) is 6.91. The maximum atomic E-state index is 12.4. The third-order valence-electron chi connectivity index (χ3n) is 4.94. The number of ether oxygens (including phenoxy) is 2. The lowest BCUT2D eigenvalue weighted by molar-refractivity contribution is -0.192. The molecule has 2 atom stereocenters. The second kappa shape index (κ2) is 9.43. The molecule has 1 spiro atoms. The van der Waals surface area contributed by atoms with Gasteiger partial charge in [-0.15, -0.1) is 0 Å². The van der Waals surface area contributed by atoms with Crippen LogP contribution in [0.25, 0.3) is 0 Å². The van der Waals surface area contributed by atoms with Gasteiger partial charge < -0.3 is 24.0 Å². The number of hydrogen-bond donors (Lipinski definition) is 1. The zero-order valence-corrected chi connectivity index (χ0v) is 16.2. The van der Waals surface area contributed by atoms with Crippen molar-refractivity contribution in [3.05, 3.63) is 48.1 Å². The first-order valence-corrected chi connectivity index (χ1v) is 9.32. The highest BCUT2D eigenvalue weighted by Gasteiger charge is 2.47. The Morgan fingerprint density at radius 2 is 2.03 bits per heavy atom. The first-order chi connectivity index (χ1) is 14.7. The fourth-order valence-corrected chi connectivity index (χ4v) is 3.40. The molecule has 0 aromatic carbocycles. The fraction of sp³-hybridized carbons (Fsp3) is 0.474. The van der Waals surface area contributed by atoms with E-state index in [9.17, 15) is 18.0 Å². The number of carboxylic acid groups (broad SMARTS) is 1. The number of hydrogen-bond acceptors (Lipinski definition) is 7. The van der Waals surface area contributed by atoms with Gasteiger partial charge in [0.25, 0.3) is 5.91 Å². The van der Waals surface area contributed by atoms with E-state index >= 15 is 0 Å². The third kappa shape index (κ3) is 6.01. The fourth-order valence-electron chi connectivity index (χ4n) is 3.40. The maximum absolute atomic E-state index is 12.4. The number of amides is 1. The second-order valence-electron chi connectivity index (χ2n) is 7.18. The molecule has 0 radical (unpaired) electrons. The molecule has 0 bridgehead atoms. The quantitative estimate of drug-likeness (QED) is 0.766. The Hall–Kier alpha value is -2.99. The SMILES string of the molecule is O=C(O)C(F)(F)F.O=C(c1cnoc1)N1CC[C@]2(C[C@H](OCc3ccncc3)CO2)C1. The number of carbonyl (C=O) groups is 2. The summed E-state index contributed by atoms with van der Waals surface area (Å²) in [6.45, 7) is 2.39. The van der Waals surface area contributed by atoms with E-state index in [2.05, 4.69) is 10.1 Å². The molecule has 0 aliphatic carbocycles. The molecule has 0 saturated carbocycles. The van der Waals surface area contributed by atoms with Gasteiger partial charge in [0.2, 0.25) is 0 Å². The monoisotopic (exact) mass is 443 g/mol. The largest absolute Gasteiger partial charge is 0.490 e. The van der Waals surface area contributed by atoms with Crippen LogP contribution in [0.4, 0.5) is 13.2 Å². The van der Waals surface area contributed by atoms with Gasteiger partial charge >= 0.3 is 12.1 Å². The summed E-state index contributed by atoms with van der Waals surface area (Å²) in [5.41, 5.74) is 1.30. The molecule has 12 heteroatoms. The van der Waals surface area contributed by atoms with Gasteiger partial charge in [0, 0.05) is 25.4 Å². The highest BCUT2D eigenvalue weighted by atomic mass is 19.4. The molecule has 31 heavy (non-hydrogen) atoms. The minimum Gasteiger partial charge on any atom is -0.475 e. The van der Waals surface area contributed by atoms with Crippen molar-refractivity contribution in [1.82, 2.24) is 15.0 Å². The molecule has 9 nitrogen and oxygen atoms in total. The Labute approximate surface area is 174 Å². The molecule has 1 amide bonds. The van der Waals surface area contributed by atoms with Gasteiger partial charge in [0.1, 0.15) is 6.26 Å². The number of alkyl halides is 3. The molecular weight excluding hydrogens is 423 g/mol. The molecule has 1 N–H and O–H groups in total. The Balaban J connectivity index is 0.000000339. The number of aromatic nitrogens is 2. The summed E-state index contributed by atoms with van der Waals surface area (Å²) in [4.78, 5) is 27.1. The first kappa shape index (κ1) is 22.7. The molecule has 2 saturated heterocycles. The van der Waals surface area contributed by atoms with E-state index in [-0.39, 0.29) is 17.6 Å². The summed E-state index contributed by atoms with van der Waals surface area (Å²) in [5.74, 6) is -2.81. The molecule has 2 aromatic rings. The van der Waals surface area contributed by atoms with Crippen molar-refractivity contribution in [3.63, 3.8) is 0 Å². The third-order valence-corrected chi connectivity index (χ3v) is 4.94. The Bertz CT molecular complexity index is 878. The van der Waals surface area contributed by atoms with Gasteiger partial charge in [0.05, 0.1) is 43.2 Å². The van der Waals surface area contributed by atoms with Crippen LogP contribution < -0.4 is 0 Å². The predicted octanol–water partition coefficient (Wildman–Crippen LogP) is 2.29. The van der Waals surface area contributed by atoms with Crippen LogP contribution in [-0.4, -0.2) is 69.6 Å². The Morgan fingerprint density at radius 1 is 1.32 bits per heavy atom. The van der Waals surface area contributed by atoms with Crippen LogP contribution in [-0.2, 0) is 20.9 Å². The standard InChI is InChI=1S/C17H19N3O4.C2HF3O2/c21-16(14-8-19-24-10-14)20-6-3-17(12-20)7-15(11-23-17)22-9-13-1-4-18-5-2-13;3-2(4,5)1(6)7/h1-2,4-5,8,10,15H,3,6-7,9,11-12H2;(H,6,7)/t15-,17-;/m0./s1. The normalized spacial score (nSPS) is 22.9. The maximum Gasteiger partial charge on any atom is 0.490 e. The van der Waals surface area contributed by atoms with Gasteiger partial charge in [-0.1, -0.05) is 5.16 Å². The van der Waals surface area contributed by atoms with E-state index in [0.717, 1.165) is 18.4 Å². The van der Waals surface area contributed by atoms with Gasteiger partial charge in [0.15, 0.2) is 0 Å². The molecule has 2 fully saturated rings. The summed E-state index contributed by atoms with van der Waals surface area (Å²) in [5, 5.41) is 10.7. The van der Waals surface area contributed by atoms with Crippen molar-refractivity contribution in [2.24, 2.45) is 0 Å². The van der Waals surface area contributed by atoms with Crippen molar-refractivity contribution in [2.45, 2.75) is 37.3 Å². The van der Waals surface area contributed by atoms with Crippen LogP contribution in [0.3, 0.4) is 0 Å². The van der Waals surface area contributed by atoms with Crippen LogP contribution in [0.5, 0.6) is 0 Å². The van der Waals surface area contributed by atoms with Crippen molar-refractivity contribution in [3.8, 4) is 0 Å². The average Bonchev–Trinajstić information content (AvgIpc) is 3.49. The van der Waals surface area contributed by atoms with E-state index in [1.54, 1.807) is 17.3 Å². The van der Waals surface area contributed by atoms with E-state index in [0.29, 0.717) is 31.9 Å². The summed E-state index contributed by atoms with van der Waals surface area (Å²) < 4.78 is 48.5. The molecule has 168 valence electrons. The number of rotatable bonds is 4. The van der Waals surface area contributed by atoms with Crippen molar-refractivity contribution in [2.75, 3.05) is 19.7 Å². The van der Waals surface area contributed by atoms with Crippen LogP contribution in [0, 0.1) is 0 Å². The molecule has 4 rings (SSSR count). The number of pyridine rings is 1. The molecular formula is C19H20F3N3O6. The topological polar surface area (TPSA) is 115 Å². The van der Waals surface area contributed by atoms with Crippen molar-refractivity contribution < 1.29 is 41.9 Å². The molecule has 2 aromatic heterocycles. The van der Waals surface area contributed by atoms with Crippen LogP contribution in [0.15, 0.2) is 41.5 Å². The van der Waals surface area contributed by atoms with E-state index in [1.165, 1.54) is 12.5 Å². The highest BCUT2D eigenvalue weighted by molar-refractivity contribution is 5.93. The zero-order valence-electron chi connectivity index (χ0n) is 16.2. The van der Waals surface area contributed by atoms with Gasteiger partial charge in [-0.05, 0) is 24.1 Å². The van der Waals surface area contributed by atoms with Gasteiger partial charge in [-0.25, -0.2) is 4.79 Å². The van der Waals surface area contributed by atoms with E-state index < -0.39 is 12.1 Å². The number of nitrogens with zero attached hydrogens (tertiary/aromatic N) is 3. The summed E-state index contributed by atoms with van der Waals surface area (Å²) in [6, 6.07) is 3.89. The first-order valence-electron chi connectivity index (χ1n) is 9.32. The minimum atomic E-state index is -5.08. The minimum absolute atomic E-state index is 0.0575. The molecule has 2 aliphatic heterocycles. The lowest BCUT2D eigenvalue weighted by Gasteiger charge is -2.23. The number of aliphatic carboxylic acids is 1. The summed E-state index contributed by atoms with van der Waals surface area (Å²) in [7, 11) is 0. The number of likely N-dealkylation sites (tertiary alicyclic amines) is 1. The summed E-state index contributed by atoms with van der Waals surface area (Å²) in [6.07, 6.45) is 2.97. The molecule has 4 heterocycles.